The molecule has 9 rings (SSSR count). The highest BCUT2D eigenvalue weighted by molar-refractivity contribution is 6.04. The summed E-state index contributed by atoms with van der Waals surface area (Å²) in [6.45, 7) is 7.20. The lowest BCUT2D eigenvalue weighted by molar-refractivity contribution is 0.154. The number of nitrogens with two attached hydrogens (primary N) is 1. The number of benzene rings is 2. The second-order valence-electron chi connectivity index (χ2n) is 14.7. The van der Waals surface area contributed by atoms with Crippen molar-refractivity contribution >= 4 is 33.2 Å². The third-order valence-electron chi connectivity index (χ3n) is 11.4. The maximum atomic E-state index is 17.2. The molecular formula is C37H40F3N7O2. The molecule has 2 aromatic carbocycles. The maximum absolute atomic E-state index is 17.2. The van der Waals surface area contributed by atoms with Crippen LogP contribution in [-0.2, 0) is 6.42 Å². The van der Waals surface area contributed by atoms with Crippen molar-refractivity contribution in [2.24, 2.45) is 5.41 Å². The number of rotatable bonds is 7. The number of anilines is 2. The van der Waals surface area contributed by atoms with Gasteiger partial charge in [-0.25, -0.2) is 18.2 Å². The van der Waals surface area contributed by atoms with Gasteiger partial charge >= 0.3 is 6.01 Å². The van der Waals surface area contributed by atoms with E-state index in [4.69, 9.17) is 30.2 Å². The van der Waals surface area contributed by atoms with Crippen LogP contribution in [0.4, 0.5) is 24.7 Å². The first-order valence-electron chi connectivity index (χ1n) is 17.5. The van der Waals surface area contributed by atoms with E-state index in [-0.39, 0.29) is 58.6 Å². The number of nitrogens with zero attached hydrogens (tertiary/aromatic N) is 5. The van der Waals surface area contributed by atoms with Crippen LogP contribution in [0, 0.1) is 17.0 Å². The van der Waals surface area contributed by atoms with Gasteiger partial charge in [0.2, 0.25) is 5.88 Å². The molecule has 9 nitrogen and oxygen atoms in total. The van der Waals surface area contributed by atoms with Gasteiger partial charge in [0.1, 0.15) is 34.3 Å². The molecule has 3 saturated heterocycles. The molecule has 0 amide bonds. The molecule has 49 heavy (non-hydrogen) atoms. The number of hydrogen-bond acceptors (Lipinski definition) is 9. The lowest BCUT2D eigenvalue weighted by Gasteiger charge is -2.42. The van der Waals surface area contributed by atoms with Gasteiger partial charge in [0.05, 0.1) is 19.0 Å². The minimum atomic E-state index is -0.665. The van der Waals surface area contributed by atoms with Gasteiger partial charge in [-0.3, -0.25) is 4.90 Å². The number of nitrogens with one attached hydrogen (secondary N) is 1. The van der Waals surface area contributed by atoms with Crippen molar-refractivity contribution in [1.29, 1.82) is 0 Å². The van der Waals surface area contributed by atoms with E-state index in [1.165, 1.54) is 6.07 Å². The fourth-order valence-corrected chi connectivity index (χ4v) is 8.79. The molecule has 5 aliphatic rings. The summed E-state index contributed by atoms with van der Waals surface area (Å²) in [6, 6.07) is 6.97. The Labute approximate surface area is 282 Å². The van der Waals surface area contributed by atoms with Crippen molar-refractivity contribution in [2.45, 2.75) is 76.6 Å². The number of piperazine rings is 1. The van der Waals surface area contributed by atoms with E-state index in [1.54, 1.807) is 18.2 Å². The van der Waals surface area contributed by atoms with E-state index in [9.17, 15) is 4.39 Å². The summed E-state index contributed by atoms with van der Waals surface area (Å²) in [5.41, 5.74) is 8.37. The van der Waals surface area contributed by atoms with Crippen molar-refractivity contribution in [3.05, 3.63) is 53.4 Å². The molecule has 12 heteroatoms. The monoisotopic (exact) mass is 671 g/mol. The van der Waals surface area contributed by atoms with Crippen LogP contribution in [0.15, 0.2) is 36.2 Å². The molecule has 4 unspecified atom stereocenters. The smallest absolute Gasteiger partial charge is 0.319 e. The van der Waals surface area contributed by atoms with Gasteiger partial charge in [-0.1, -0.05) is 13.0 Å². The number of aryl methyl sites for hydroxylation is 1. The molecule has 1 saturated carbocycles. The summed E-state index contributed by atoms with van der Waals surface area (Å²) >= 11 is 0. The summed E-state index contributed by atoms with van der Waals surface area (Å²) in [5.74, 6) is -0.243. The lowest BCUT2D eigenvalue weighted by atomic mass is 9.94. The fraction of sp³-hybridized carbons (Fsp3) is 0.486. The molecule has 6 heterocycles. The van der Waals surface area contributed by atoms with Gasteiger partial charge in [0.25, 0.3) is 0 Å². The molecule has 0 radical (unpaired) electrons. The highest BCUT2D eigenvalue weighted by atomic mass is 19.1. The van der Waals surface area contributed by atoms with Crippen molar-refractivity contribution in [3.8, 4) is 23.1 Å². The average Bonchev–Trinajstić information content (AvgIpc) is 3.57. The molecule has 4 aromatic rings. The number of hydrogen-bond donors (Lipinski definition) is 2. The van der Waals surface area contributed by atoms with Gasteiger partial charge in [-0.15, -0.1) is 0 Å². The number of fused-ring (bicyclic) bond motifs is 6. The number of likely N-dealkylation sites (tertiary alicyclic amines) is 1. The third kappa shape index (κ3) is 5.09. The Hall–Kier alpha value is -4.16. The summed E-state index contributed by atoms with van der Waals surface area (Å²) in [7, 11) is 0. The van der Waals surface area contributed by atoms with Crippen LogP contribution in [0.3, 0.4) is 0 Å². The van der Waals surface area contributed by atoms with E-state index >= 15 is 8.78 Å². The summed E-state index contributed by atoms with van der Waals surface area (Å²) < 4.78 is 58.6. The number of nitrogen functional groups attached to an aromatic ring is 1. The summed E-state index contributed by atoms with van der Waals surface area (Å²) in [5, 5.41) is 5.40. The van der Waals surface area contributed by atoms with E-state index in [0.717, 1.165) is 57.1 Å². The Morgan fingerprint density at radius 1 is 1.14 bits per heavy atom. The summed E-state index contributed by atoms with van der Waals surface area (Å²) in [6.07, 6.45) is 5.57. The fourth-order valence-electron chi connectivity index (χ4n) is 8.79. The Balaban J connectivity index is 1.19. The second-order valence-corrected chi connectivity index (χ2v) is 14.7. The molecule has 256 valence electrons. The highest BCUT2D eigenvalue weighted by Crippen LogP contribution is 2.48. The minimum absolute atomic E-state index is 0.00756. The largest absolute Gasteiger partial charge is 0.472 e. The van der Waals surface area contributed by atoms with Crippen LogP contribution < -0.4 is 25.4 Å². The van der Waals surface area contributed by atoms with Crippen molar-refractivity contribution in [3.63, 3.8) is 0 Å². The predicted molar refractivity (Wildman–Crippen MR) is 183 cm³/mol. The summed E-state index contributed by atoms with van der Waals surface area (Å²) in [4.78, 5) is 19.0. The van der Waals surface area contributed by atoms with E-state index in [1.807, 2.05) is 13.8 Å². The molecule has 4 atom stereocenters. The minimum Gasteiger partial charge on any atom is -0.472 e. The second kappa shape index (κ2) is 11.4. The van der Waals surface area contributed by atoms with Gasteiger partial charge in [0.15, 0.2) is 5.82 Å². The number of pyridine rings is 1. The highest BCUT2D eigenvalue weighted by Gasteiger charge is 2.48. The number of ether oxygens (including phenoxy) is 2. The Bertz CT molecular complexity index is 2040. The van der Waals surface area contributed by atoms with E-state index < -0.39 is 5.82 Å². The zero-order chi connectivity index (χ0) is 33.6. The van der Waals surface area contributed by atoms with Gasteiger partial charge < -0.3 is 25.4 Å². The normalized spacial score (nSPS) is 26.3. The van der Waals surface area contributed by atoms with Crippen LogP contribution in [0.5, 0.6) is 11.9 Å². The van der Waals surface area contributed by atoms with E-state index in [0.29, 0.717) is 64.9 Å². The maximum Gasteiger partial charge on any atom is 0.319 e. The Morgan fingerprint density at radius 2 is 2.00 bits per heavy atom. The molecule has 2 bridgehead atoms. The Morgan fingerprint density at radius 3 is 2.78 bits per heavy atom. The van der Waals surface area contributed by atoms with Crippen LogP contribution in [0.2, 0.25) is 0 Å². The van der Waals surface area contributed by atoms with Crippen LogP contribution in [0.25, 0.3) is 32.9 Å². The first kappa shape index (κ1) is 30.9. The Kier molecular flexibility index (Phi) is 7.21. The SMILES string of the molecule is CCc1c(F)ccc2cc(N)cc(-c3nc4c5c(nc(OCC6(CN7CCC(=CF)C7)CC6)nc5c3F)N3CC5CCC(N5)C3C(C)O4)c12. The predicted octanol–water partition coefficient (Wildman–Crippen LogP) is 6.08. The molecule has 4 fully saturated rings. The van der Waals surface area contributed by atoms with Gasteiger partial charge in [-0.05, 0) is 85.6 Å². The van der Waals surface area contributed by atoms with Crippen molar-refractivity contribution < 1.29 is 22.6 Å². The molecule has 0 spiro atoms. The topological polar surface area (TPSA) is 102 Å². The van der Waals surface area contributed by atoms with Crippen LogP contribution in [0.1, 0.15) is 51.5 Å². The quantitative estimate of drug-likeness (QED) is 0.227. The zero-order valence-electron chi connectivity index (χ0n) is 27.7. The molecule has 1 aliphatic carbocycles. The lowest BCUT2D eigenvalue weighted by Crippen LogP contribution is -2.62. The van der Waals surface area contributed by atoms with Crippen molar-refractivity contribution in [2.75, 3.05) is 43.4 Å². The van der Waals surface area contributed by atoms with Crippen molar-refractivity contribution in [1.82, 2.24) is 25.2 Å². The molecule has 2 aromatic heterocycles. The zero-order valence-corrected chi connectivity index (χ0v) is 27.7. The van der Waals surface area contributed by atoms with Crippen LogP contribution in [-0.4, -0.2) is 76.9 Å². The van der Waals surface area contributed by atoms with E-state index in [2.05, 4.69) is 15.1 Å². The first-order valence-corrected chi connectivity index (χ1v) is 17.5. The van der Waals surface area contributed by atoms with Gasteiger partial charge in [0, 0.05) is 54.9 Å². The van der Waals surface area contributed by atoms with Crippen LogP contribution >= 0.6 is 0 Å². The average molecular weight is 672 g/mol. The molecule has 3 N–H and O–H groups in total. The standard InChI is InChI=1S/C37H40F3N7O2/c1-3-24-26(39)6-4-21-12-22(41)13-25(28(21)24)31-30(40)32-29-34(47-16-23-5-7-27(42-23)33(47)19(2)49-35(29)43-31)45-36(44-32)48-18-37(9-10-37)17-46-11-8-20(14-38)15-46/h4,6,12-14,19,23,27,33,42H,3,5,7-11,15-18,41H2,1-2H3. The molecule has 4 aliphatic heterocycles. The first-order chi connectivity index (χ1) is 23.7. The number of aromatic nitrogens is 3. The van der Waals surface area contributed by atoms with Gasteiger partial charge in [-0.2, -0.15) is 9.97 Å². The third-order valence-corrected chi connectivity index (χ3v) is 11.4. The molecular weight excluding hydrogens is 631 g/mol. The number of halogens is 3.